The lowest BCUT2D eigenvalue weighted by atomic mass is 9.95. The maximum Gasteiger partial charge on any atom is 0.229 e. The van der Waals surface area contributed by atoms with Gasteiger partial charge in [-0.05, 0) is 6.07 Å². The van der Waals surface area contributed by atoms with Crippen molar-refractivity contribution in [2.75, 3.05) is 5.32 Å². The molecule has 0 saturated heterocycles. The molecule has 1 aromatic heterocycles. The molecule has 0 bridgehead atoms. The Hall–Kier alpha value is -1.89. The van der Waals surface area contributed by atoms with E-state index >= 15 is 0 Å². The van der Waals surface area contributed by atoms with Gasteiger partial charge in [0.05, 0.1) is 11.3 Å². The Balaban J connectivity index is 2.83. The second-order valence-corrected chi connectivity index (χ2v) is 4.20. The standard InChI is InChI=1S/C11H12N3O/c1-11(2,3)10(15)14-9-4-8(5-12)6-13-7-9/h4,6H,1-3H3,(H,14,15). The van der Waals surface area contributed by atoms with E-state index in [9.17, 15) is 4.79 Å². The van der Waals surface area contributed by atoms with Gasteiger partial charge in [-0.15, -0.1) is 0 Å². The lowest BCUT2D eigenvalue weighted by Crippen LogP contribution is -2.27. The number of amides is 1. The highest BCUT2D eigenvalue weighted by molar-refractivity contribution is 5.94. The lowest BCUT2D eigenvalue weighted by Gasteiger charge is -2.17. The van der Waals surface area contributed by atoms with Crippen LogP contribution in [0.5, 0.6) is 0 Å². The van der Waals surface area contributed by atoms with Crippen LogP contribution in [-0.4, -0.2) is 10.9 Å². The summed E-state index contributed by atoms with van der Waals surface area (Å²) in [6.45, 7) is 5.43. The molecule has 15 heavy (non-hydrogen) atoms. The van der Waals surface area contributed by atoms with E-state index in [-0.39, 0.29) is 5.91 Å². The molecule has 1 aromatic rings. The highest BCUT2D eigenvalue weighted by Crippen LogP contribution is 2.16. The number of aromatic nitrogens is 1. The zero-order valence-corrected chi connectivity index (χ0v) is 8.96. The summed E-state index contributed by atoms with van der Waals surface area (Å²) in [4.78, 5) is 15.3. The number of nitrogens with one attached hydrogen (secondary N) is 1. The van der Waals surface area contributed by atoms with Crippen LogP contribution in [0.2, 0.25) is 0 Å². The topological polar surface area (TPSA) is 65.8 Å². The largest absolute Gasteiger partial charge is 0.324 e. The van der Waals surface area contributed by atoms with Gasteiger partial charge in [-0.1, -0.05) is 20.8 Å². The molecule has 1 heterocycles. The first-order valence-corrected chi connectivity index (χ1v) is 4.53. The summed E-state index contributed by atoms with van der Waals surface area (Å²) in [5.74, 6) is -0.129. The van der Waals surface area contributed by atoms with Gasteiger partial charge in [0.15, 0.2) is 0 Å². The van der Waals surface area contributed by atoms with Crippen LogP contribution in [0.1, 0.15) is 26.3 Å². The zero-order chi connectivity index (χ0) is 11.5. The molecule has 1 radical (unpaired) electrons. The Morgan fingerprint density at radius 2 is 2.27 bits per heavy atom. The van der Waals surface area contributed by atoms with Crippen LogP contribution in [0.25, 0.3) is 0 Å². The molecule has 0 spiro atoms. The SMILES string of the molecule is CC(C)(C)C(=O)Nc1[c]ncc(C#N)c1. The van der Waals surface area contributed by atoms with Gasteiger partial charge in [-0.25, -0.2) is 0 Å². The Kier molecular flexibility index (Phi) is 3.05. The van der Waals surface area contributed by atoms with Crippen LogP contribution in [0.15, 0.2) is 12.3 Å². The second kappa shape index (κ2) is 4.09. The number of anilines is 1. The van der Waals surface area contributed by atoms with Crippen LogP contribution >= 0.6 is 0 Å². The summed E-state index contributed by atoms with van der Waals surface area (Å²) < 4.78 is 0. The van der Waals surface area contributed by atoms with Crippen molar-refractivity contribution in [3.05, 3.63) is 24.0 Å². The van der Waals surface area contributed by atoms with Crippen molar-refractivity contribution in [1.82, 2.24) is 4.98 Å². The molecule has 77 valence electrons. The van der Waals surface area contributed by atoms with Crippen LogP contribution in [0, 0.1) is 22.9 Å². The Labute approximate surface area is 88.9 Å². The fourth-order valence-corrected chi connectivity index (χ4v) is 0.831. The normalized spacial score (nSPS) is 10.5. The summed E-state index contributed by atoms with van der Waals surface area (Å²) in [5, 5.41) is 11.3. The number of nitrogens with zero attached hydrogens (tertiary/aromatic N) is 2. The minimum atomic E-state index is -0.476. The fourth-order valence-electron chi connectivity index (χ4n) is 0.831. The predicted molar refractivity (Wildman–Crippen MR) is 55.9 cm³/mol. The lowest BCUT2D eigenvalue weighted by molar-refractivity contribution is -0.123. The molecule has 4 heteroatoms. The first-order valence-electron chi connectivity index (χ1n) is 4.53. The molecule has 0 aliphatic heterocycles. The van der Waals surface area contributed by atoms with E-state index < -0.39 is 5.41 Å². The number of nitriles is 1. The predicted octanol–water partition coefficient (Wildman–Crippen LogP) is 1.74. The molecular weight excluding hydrogens is 190 g/mol. The molecule has 0 unspecified atom stereocenters. The van der Waals surface area contributed by atoms with E-state index in [4.69, 9.17) is 5.26 Å². The molecule has 0 saturated carbocycles. The van der Waals surface area contributed by atoms with Gasteiger partial charge in [0.1, 0.15) is 12.3 Å². The van der Waals surface area contributed by atoms with E-state index in [1.165, 1.54) is 12.3 Å². The molecule has 0 atom stereocenters. The molecule has 1 amide bonds. The number of pyridine rings is 1. The maximum absolute atomic E-state index is 11.6. The average molecular weight is 202 g/mol. The van der Waals surface area contributed by atoms with Crippen molar-refractivity contribution >= 4 is 11.6 Å². The summed E-state index contributed by atoms with van der Waals surface area (Å²) in [6, 6.07) is 3.48. The second-order valence-electron chi connectivity index (χ2n) is 4.20. The van der Waals surface area contributed by atoms with Gasteiger partial charge in [0, 0.05) is 11.6 Å². The van der Waals surface area contributed by atoms with Gasteiger partial charge in [-0.3, -0.25) is 9.78 Å². The number of rotatable bonds is 1. The third-order valence-electron chi connectivity index (χ3n) is 1.75. The zero-order valence-electron chi connectivity index (χ0n) is 8.96. The molecule has 1 rings (SSSR count). The highest BCUT2D eigenvalue weighted by Gasteiger charge is 2.21. The first kappa shape index (κ1) is 11.2. The van der Waals surface area contributed by atoms with Crippen LogP contribution < -0.4 is 5.32 Å². The molecule has 0 fully saturated rings. The van der Waals surface area contributed by atoms with Crippen molar-refractivity contribution < 1.29 is 4.79 Å². The maximum atomic E-state index is 11.6. The summed E-state index contributed by atoms with van der Waals surface area (Å²) in [7, 11) is 0. The van der Waals surface area contributed by atoms with Crippen molar-refractivity contribution in [3.8, 4) is 6.07 Å². The number of hydrogen-bond acceptors (Lipinski definition) is 3. The number of carbonyl (C=O) groups excluding carboxylic acids is 1. The Bertz CT molecular complexity index is 413. The van der Waals surface area contributed by atoms with Gasteiger partial charge in [0.25, 0.3) is 0 Å². The Morgan fingerprint density at radius 1 is 1.60 bits per heavy atom. The smallest absolute Gasteiger partial charge is 0.229 e. The van der Waals surface area contributed by atoms with E-state index in [1.807, 2.05) is 26.8 Å². The van der Waals surface area contributed by atoms with Crippen molar-refractivity contribution in [3.63, 3.8) is 0 Å². The minimum Gasteiger partial charge on any atom is -0.324 e. The van der Waals surface area contributed by atoms with Gasteiger partial charge in [-0.2, -0.15) is 5.26 Å². The molecule has 1 N–H and O–H groups in total. The number of hydrogen-bond donors (Lipinski definition) is 1. The van der Waals surface area contributed by atoms with Crippen LogP contribution in [-0.2, 0) is 4.79 Å². The minimum absolute atomic E-state index is 0.129. The third-order valence-corrected chi connectivity index (χ3v) is 1.75. The molecule has 4 nitrogen and oxygen atoms in total. The van der Waals surface area contributed by atoms with E-state index in [1.54, 1.807) is 0 Å². The third kappa shape index (κ3) is 3.06. The van der Waals surface area contributed by atoms with Gasteiger partial charge < -0.3 is 5.32 Å². The van der Waals surface area contributed by atoms with E-state index in [0.717, 1.165) is 0 Å². The number of carbonyl (C=O) groups is 1. The molecule has 0 aromatic carbocycles. The van der Waals surface area contributed by atoms with Crippen molar-refractivity contribution in [2.45, 2.75) is 20.8 Å². The van der Waals surface area contributed by atoms with Crippen LogP contribution in [0.3, 0.4) is 0 Å². The quantitative estimate of drug-likeness (QED) is 0.754. The molecule has 0 aliphatic rings. The summed E-state index contributed by atoms with van der Waals surface area (Å²) in [6.07, 6.45) is 4.01. The van der Waals surface area contributed by atoms with E-state index in [0.29, 0.717) is 11.3 Å². The van der Waals surface area contributed by atoms with Crippen molar-refractivity contribution in [2.24, 2.45) is 5.41 Å². The Morgan fingerprint density at radius 3 is 2.80 bits per heavy atom. The first-order chi connectivity index (χ1) is 6.93. The fraction of sp³-hybridized carbons (Fsp3) is 0.364. The van der Waals surface area contributed by atoms with Gasteiger partial charge in [0.2, 0.25) is 5.91 Å². The summed E-state index contributed by atoms with van der Waals surface area (Å²) in [5.41, 5.74) is 0.350. The molecular formula is C11H12N3O. The monoisotopic (exact) mass is 202 g/mol. The summed E-state index contributed by atoms with van der Waals surface area (Å²) >= 11 is 0. The highest BCUT2D eigenvalue weighted by atomic mass is 16.2. The molecule has 0 aliphatic carbocycles. The average Bonchev–Trinajstić information content (AvgIpc) is 2.16. The van der Waals surface area contributed by atoms with Gasteiger partial charge >= 0.3 is 0 Å². The van der Waals surface area contributed by atoms with Crippen molar-refractivity contribution in [1.29, 1.82) is 5.26 Å². The van der Waals surface area contributed by atoms with Crippen LogP contribution in [0.4, 0.5) is 5.69 Å². The van der Waals surface area contributed by atoms with E-state index in [2.05, 4.69) is 16.5 Å².